The average molecular weight is 369 g/mol. The van der Waals surface area contributed by atoms with Crippen molar-refractivity contribution in [3.63, 3.8) is 0 Å². The van der Waals surface area contributed by atoms with Gasteiger partial charge in [-0.15, -0.1) is 0 Å². The first kappa shape index (κ1) is 18.6. The van der Waals surface area contributed by atoms with E-state index in [1.165, 1.54) is 0 Å². The fourth-order valence-electron chi connectivity index (χ4n) is 3.23. The maximum Gasteiger partial charge on any atom is 0.241 e. The first-order valence-electron chi connectivity index (χ1n) is 8.60. The highest BCUT2D eigenvalue weighted by atomic mass is 32.2. The minimum atomic E-state index is -3.68. The Labute approximate surface area is 154 Å². The van der Waals surface area contributed by atoms with E-state index in [0.29, 0.717) is 11.8 Å². The van der Waals surface area contributed by atoms with E-state index in [2.05, 4.69) is 4.72 Å². The molecule has 3 aromatic carbocycles. The zero-order chi connectivity index (χ0) is 18.6. The highest BCUT2D eigenvalue weighted by Crippen LogP contribution is 2.29. The van der Waals surface area contributed by atoms with Gasteiger partial charge in [-0.25, -0.2) is 13.1 Å². The number of methoxy groups -OCH3 is 1. The molecule has 4 nitrogen and oxygen atoms in total. The number of sulfonamides is 1. The Morgan fingerprint density at radius 1 is 0.923 bits per heavy atom. The predicted molar refractivity (Wildman–Crippen MR) is 105 cm³/mol. The largest absolute Gasteiger partial charge is 0.372 e. The van der Waals surface area contributed by atoms with Crippen LogP contribution in [0.1, 0.15) is 18.9 Å². The summed E-state index contributed by atoms with van der Waals surface area (Å²) in [5.74, 6) is 0. The van der Waals surface area contributed by atoms with E-state index in [9.17, 15) is 8.42 Å². The number of benzene rings is 3. The van der Waals surface area contributed by atoms with Crippen molar-refractivity contribution in [1.29, 1.82) is 0 Å². The molecule has 0 saturated heterocycles. The minimum Gasteiger partial charge on any atom is -0.372 e. The van der Waals surface area contributed by atoms with E-state index < -0.39 is 15.6 Å². The van der Waals surface area contributed by atoms with Crippen molar-refractivity contribution in [2.24, 2.45) is 0 Å². The SMILES string of the molecule is CC[C@@](CNS(=O)(=O)c1cccc2ccccc12)(OC)c1ccccc1. The minimum absolute atomic E-state index is 0.162. The molecule has 3 rings (SSSR count). The number of hydrogen-bond acceptors (Lipinski definition) is 3. The normalized spacial score (nSPS) is 14.2. The van der Waals surface area contributed by atoms with Gasteiger partial charge in [-0.2, -0.15) is 0 Å². The van der Waals surface area contributed by atoms with Gasteiger partial charge in [-0.05, 0) is 23.4 Å². The monoisotopic (exact) mass is 369 g/mol. The fourth-order valence-corrected chi connectivity index (χ4v) is 4.54. The van der Waals surface area contributed by atoms with E-state index in [1.54, 1.807) is 19.2 Å². The summed E-state index contributed by atoms with van der Waals surface area (Å²) in [4.78, 5) is 0.282. The van der Waals surface area contributed by atoms with Crippen LogP contribution in [-0.2, 0) is 20.4 Å². The van der Waals surface area contributed by atoms with Crippen molar-refractivity contribution < 1.29 is 13.2 Å². The molecule has 0 radical (unpaired) electrons. The summed E-state index contributed by atoms with van der Waals surface area (Å²) in [5, 5.41) is 1.61. The third kappa shape index (κ3) is 3.51. The summed E-state index contributed by atoms with van der Waals surface area (Å²) < 4.78 is 34.5. The van der Waals surface area contributed by atoms with Crippen LogP contribution in [0, 0.1) is 0 Å². The van der Waals surface area contributed by atoms with Gasteiger partial charge in [0.25, 0.3) is 0 Å². The Balaban J connectivity index is 1.94. The number of rotatable bonds is 7. The molecule has 0 heterocycles. The molecule has 0 unspecified atom stereocenters. The molecule has 26 heavy (non-hydrogen) atoms. The molecule has 0 amide bonds. The Bertz CT molecular complexity index is 975. The lowest BCUT2D eigenvalue weighted by atomic mass is 9.91. The van der Waals surface area contributed by atoms with Gasteiger partial charge in [0.1, 0.15) is 5.60 Å². The van der Waals surface area contributed by atoms with Crippen LogP contribution in [0.4, 0.5) is 0 Å². The average Bonchev–Trinajstić information content (AvgIpc) is 2.69. The smallest absolute Gasteiger partial charge is 0.241 e. The standard InChI is InChI=1S/C21H23NO3S/c1-3-21(25-2,18-12-5-4-6-13-18)16-22-26(23,24)20-15-9-11-17-10-7-8-14-19(17)20/h4-15,22H,3,16H2,1-2H3/t21-/m0/s1. The van der Waals surface area contributed by atoms with Crippen molar-refractivity contribution in [1.82, 2.24) is 4.72 Å². The Hall–Kier alpha value is -2.21. The van der Waals surface area contributed by atoms with Crippen LogP contribution >= 0.6 is 0 Å². The van der Waals surface area contributed by atoms with Crippen LogP contribution in [-0.4, -0.2) is 22.1 Å². The van der Waals surface area contributed by atoms with Crippen LogP contribution in [0.2, 0.25) is 0 Å². The molecule has 0 fully saturated rings. The molecule has 0 spiro atoms. The molecule has 0 aromatic heterocycles. The molecule has 5 heteroatoms. The summed E-state index contributed by atoms with van der Waals surface area (Å²) in [7, 11) is -2.06. The molecule has 0 saturated carbocycles. The van der Waals surface area contributed by atoms with E-state index in [0.717, 1.165) is 10.9 Å². The van der Waals surface area contributed by atoms with Crippen LogP contribution in [0.3, 0.4) is 0 Å². The summed E-state index contributed by atoms with van der Waals surface area (Å²) in [5.41, 5.74) is 0.240. The van der Waals surface area contributed by atoms with Gasteiger partial charge in [0, 0.05) is 19.0 Å². The highest BCUT2D eigenvalue weighted by molar-refractivity contribution is 7.89. The quantitative estimate of drug-likeness (QED) is 0.683. The number of hydrogen-bond donors (Lipinski definition) is 1. The van der Waals surface area contributed by atoms with Crippen LogP contribution in [0.25, 0.3) is 10.8 Å². The van der Waals surface area contributed by atoms with Crippen molar-refractivity contribution >= 4 is 20.8 Å². The van der Waals surface area contributed by atoms with Crippen LogP contribution < -0.4 is 4.72 Å². The van der Waals surface area contributed by atoms with E-state index in [-0.39, 0.29) is 11.4 Å². The predicted octanol–water partition coefficient (Wildman–Crippen LogP) is 4.07. The van der Waals surface area contributed by atoms with Crippen molar-refractivity contribution in [3.8, 4) is 0 Å². The first-order valence-corrected chi connectivity index (χ1v) is 10.1. The molecule has 0 aliphatic carbocycles. The highest BCUT2D eigenvalue weighted by Gasteiger charge is 2.32. The van der Waals surface area contributed by atoms with Crippen LogP contribution in [0.15, 0.2) is 77.7 Å². The Morgan fingerprint density at radius 3 is 2.27 bits per heavy atom. The maximum absolute atomic E-state index is 13.0. The van der Waals surface area contributed by atoms with Crippen molar-refractivity contribution in [3.05, 3.63) is 78.4 Å². The second kappa shape index (κ2) is 7.58. The summed E-state index contributed by atoms with van der Waals surface area (Å²) in [6.07, 6.45) is 0.644. The van der Waals surface area contributed by atoms with E-state index in [1.807, 2.05) is 67.6 Å². The number of nitrogens with one attached hydrogen (secondary N) is 1. The summed E-state index contributed by atoms with van der Waals surface area (Å²) >= 11 is 0. The third-order valence-corrected chi connectivity index (χ3v) is 6.31. The molecule has 1 atom stereocenters. The zero-order valence-electron chi connectivity index (χ0n) is 15.0. The summed E-state index contributed by atoms with van der Waals surface area (Å²) in [6, 6.07) is 22.5. The van der Waals surface area contributed by atoms with Crippen molar-refractivity contribution in [2.45, 2.75) is 23.8 Å². The van der Waals surface area contributed by atoms with Gasteiger partial charge in [0.15, 0.2) is 0 Å². The second-order valence-electron chi connectivity index (χ2n) is 6.22. The summed E-state index contributed by atoms with van der Waals surface area (Å²) in [6.45, 7) is 2.15. The van der Waals surface area contributed by atoms with E-state index in [4.69, 9.17) is 4.74 Å². The third-order valence-electron chi connectivity index (χ3n) is 4.85. The van der Waals surface area contributed by atoms with Gasteiger partial charge in [0.05, 0.1) is 4.90 Å². The Kier molecular flexibility index (Phi) is 5.41. The lowest BCUT2D eigenvalue weighted by Crippen LogP contribution is -2.41. The van der Waals surface area contributed by atoms with Gasteiger partial charge >= 0.3 is 0 Å². The van der Waals surface area contributed by atoms with Crippen molar-refractivity contribution in [2.75, 3.05) is 13.7 Å². The molecular formula is C21H23NO3S. The van der Waals surface area contributed by atoms with Crippen LogP contribution in [0.5, 0.6) is 0 Å². The first-order chi connectivity index (χ1) is 12.5. The number of fused-ring (bicyclic) bond motifs is 1. The zero-order valence-corrected chi connectivity index (χ0v) is 15.8. The molecule has 1 N–H and O–H groups in total. The maximum atomic E-state index is 13.0. The fraction of sp³-hybridized carbons (Fsp3) is 0.238. The second-order valence-corrected chi connectivity index (χ2v) is 7.96. The van der Waals surface area contributed by atoms with Gasteiger partial charge in [-0.3, -0.25) is 0 Å². The molecule has 0 aliphatic rings. The van der Waals surface area contributed by atoms with E-state index >= 15 is 0 Å². The topological polar surface area (TPSA) is 55.4 Å². The van der Waals surface area contributed by atoms with Gasteiger partial charge in [-0.1, -0.05) is 73.7 Å². The lowest BCUT2D eigenvalue weighted by molar-refractivity contribution is -0.0133. The molecular weight excluding hydrogens is 346 g/mol. The molecule has 3 aromatic rings. The number of ether oxygens (including phenoxy) is 1. The molecule has 136 valence electrons. The van der Waals surface area contributed by atoms with Gasteiger partial charge < -0.3 is 4.74 Å². The van der Waals surface area contributed by atoms with Gasteiger partial charge in [0.2, 0.25) is 10.0 Å². The molecule has 0 bridgehead atoms. The lowest BCUT2D eigenvalue weighted by Gasteiger charge is -2.32. The molecule has 0 aliphatic heterocycles. The Morgan fingerprint density at radius 2 is 1.58 bits per heavy atom.